The molecule has 2 saturated heterocycles. The number of nitrogens with zero attached hydrogens (tertiary/aromatic N) is 3. The van der Waals surface area contributed by atoms with E-state index < -0.39 is 0 Å². The maximum Gasteiger partial charge on any atom is 0.271 e. The van der Waals surface area contributed by atoms with Gasteiger partial charge in [0.25, 0.3) is 5.91 Å². The molecule has 0 bridgehead atoms. The lowest BCUT2D eigenvalue weighted by Crippen LogP contribution is -2.58. The Kier molecular flexibility index (Phi) is 6.07. The van der Waals surface area contributed by atoms with E-state index >= 15 is 0 Å². The molecule has 0 saturated carbocycles. The minimum Gasteiger partial charge on any atom is -0.395 e. The summed E-state index contributed by atoms with van der Waals surface area (Å²) >= 11 is 0. The SMILES string of the molecule is CC(C)C[C@H]1[C@@H](C(=O)NCCO)C[C@H]2CN(C(=O)c3cccn3C)CC(=O)N21. The number of aliphatic hydroxyl groups is 1. The van der Waals surface area contributed by atoms with Crippen molar-refractivity contribution >= 4 is 17.7 Å². The summed E-state index contributed by atoms with van der Waals surface area (Å²) in [5.41, 5.74) is 0.551. The Bertz CT molecular complexity index is 744. The number of hydrogen-bond acceptors (Lipinski definition) is 4. The molecule has 8 heteroatoms. The minimum absolute atomic E-state index is 0.0418. The summed E-state index contributed by atoms with van der Waals surface area (Å²) in [4.78, 5) is 41.9. The molecule has 3 amide bonds. The van der Waals surface area contributed by atoms with Gasteiger partial charge < -0.3 is 24.8 Å². The molecule has 2 N–H and O–H groups in total. The summed E-state index contributed by atoms with van der Waals surface area (Å²) in [6, 6.07) is 3.24. The summed E-state index contributed by atoms with van der Waals surface area (Å²) in [5.74, 6) is -0.348. The second kappa shape index (κ2) is 8.34. The Morgan fingerprint density at radius 1 is 1.36 bits per heavy atom. The second-order valence-electron chi connectivity index (χ2n) is 8.20. The third-order valence-electron chi connectivity index (χ3n) is 5.70. The molecule has 2 aliphatic heterocycles. The molecule has 0 aliphatic carbocycles. The van der Waals surface area contributed by atoms with Crippen LogP contribution in [0, 0.1) is 11.8 Å². The van der Waals surface area contributed by atoms with Crippen LogP contribution in [0.15, 0.2) is 18.3 Å². The number of nitrogens with one attached hydrogen (secondary N) is 1. The van der Waals surface area contributed by atoms with E-state index in [1.807, 2.05) is 4.90 Å². The Morgan fingerprint density at radius 3 is 2.71 bits per heavy atom. The maximum absolute atomic E-state index is 13.0. The molecule has 3 heterocycles. The van der Waals surface area contributed by atoms with Crippen LogP contribution < -0.4 is 5.32 Å². The summed E-state index contributed by atoms with van der Waals surface area (Å²) in [6.07, 6.45) is 3.09. The number of piperazine rings is 1. The molecule has 3 rings (SSSR count). The van der Waals surface area contributed by atoms with Gasteiger partial charge in [-0.2, -0.15) is 0 Å². The molecule has 0 aromatic carbocycles. The predicted octanol–water partition coefficient (Wildman–Crippen LogP) is 0.221. The van der Waals surface area contributed by atoms with Crippen molar-refractivity contribution < 1.29 is 19.5 Å². The lowest BCUT2D eigenvalue weighted by molar-refractivity contribution is -0.140. The zero-order chi connectivity index (χ0) is 20.4. The Morgan fingerprint density at radius 2 is 2.11 bits per heavy atom. The van der Waals surface area contributed by atoms with Gasteiger partial charge in [0.05, 0.1) is 18.6 Å². The molecular weight excluding hydrogens is 360 g/mol. The lowest BCUT2D eigenvalue weighted by Gasteiger charge is -2.40. The maximum atomic E-state index is 13.0. The van der Waals surface area contributed by atoms with Gasteiger partial charge in [0, 0.05) is 32.4 Å². The highest BCUT2D eigenvalue weighted by atomic mass is 16.3. The van der Waals surface area contributed by atoms with Crippen molar-refractivity contribution in [2.24, 2.45) is 18.9 Å². The third kappa shape index (κ3) is 3.92. The monoisotopic (exact) mass is 390 g/mol. The van der Waals surface area contributed by atoms with Crippen LogP contribution in [-0.2, 0) is 16.6 Å². The molecule has 1 aromatic rings. The molecule has 2 fully saturated rings. The molecule has 0 spiro atoms. The Hall–Kier alpha value is -2.35. The fourth-order valence-corrected chi connectivity index (χ4v) is 4.50. The molecule has 3 atom stereocenters. The van der Waals surface area contributed by atoms with Crippen molar-refractivity contribution in [1.82, 2.24) is 19.7 Å². The van der Waals surface area contributed by atoms with Crippen molar-refractivity contribution in [2.45, 2.75) is 38.8 Å². The molecule has 0 radical (unpaired) electrons. The fourth-order valence-electron chi connectivity index (χ4n) is 4.50. The summed E-state index contributed by atoms with van der Waals surface area (Å²) in [6.45, 7) is 4.73. The molecule has 1 aromatic heterocycles. The van der Waals surface area contributed by atoms with Gasteiger partial charge >= 0.3 is 0 Å². The summed E-state index contributed by atoms with van der Waals surface area (Å²) in [7, 11) is 1.81. The fraction of sp³-hybridized carbons (Fsp3) is 0.650. The highest BCUT2D eigenvalue weighted by Crippen LogP contribution is 2.36. The van der Waals surface area contributed by atoms with E-state index in [1.54, 1.807) is 34.8 Å². The topological polar surface area (TPSA) is 94.9 Å². The van der Waals surface area contributed by atoms with E-state index in [4.69, 9.17) is 5.11 Å². The zero-order valence-corrected chi connectivity index (χ0v) is 16.8. The van der Waals surface area contributed by atoms with E-state index in [0.717, 1.165) is 6.42 Å². The van der Waals surface area contributed by atoms with Gasteiger partial charge in [0.15, 0.2) is 0 Å². The quantitative estimate of drug-likeness (QED) is 0.727. The second-order valence-corrected chi connectivity index (χ2v) is 8.20. The number of hydrogen-bond donors (Lipinski definition) is 2. The first-order valence-corrected chi connectivity index (χ1v) is 9.93. The van der Waals surface area contributed by atoms with Gasteiger partial charge in [-0.05, 0) is 30.9 Å². The Balaban J connectivity index is 1.79. The zero-order valence-electron chi connectivity index (χ0n) is 16.8. The van der Waals surface area contributed by atoms with E-state index in [2.05, 4.69) is 19.2 Å². The van der Waals surface area contributed by atoms with Gasteiger partial charge in [-0.1, -0.05) is 13.8 Å². The van der Waals surface area contributed by atoms with Gasteiger partial charge in [0.1, 0.15) is 12.2 Å². The van der Waals surface area contributed by atoms with Crippen LogP contribution in [0.3, 0.4) is 0 Å². The number of aliphatic hydroxyl groups excluding tert-OH is 1. The average Bonchev–Trinajstić information content (AvgIpc) is 3.22. The summed E-state index contributed by atoms with van der Waals surface area (Å²) < 4.78 is 1.75. The Labute approximate surface area is 165 Å². The molecule has 154 valence electrons. The van der Waals surface area contributed by atoms with Gasteiger partial charge in [-0.25, -0.2) is 0 Å². The van der Waals surface area contributed by atoms with Crippen molar-refractivity contribution in [1.29, 1.82) is 0 Å². The first kappa shape index (κ1) is 20.4. The summed E-state index contributed by atoms with van der Waals surface area (Å²) in [5, 5.41) is 11.8. The number of carbonyl (C=O) groups is 3. The number of aromatic nitrogens is 1. The van der Waals surface area contributed by atoms with Crippen molar-refractivity contribution in [3.8, 4) is 0 Å². The highest BCUT2D eigenvalue weighted by molar-refractivity contribution is 5.96. The third-order valence-corrected chi connectivity index (χ3v) is 5.70. The lowest BCUT2D eigenvalue weighted by atomic mass is 9.91. The van der Waals surface area contributed by atoms with E-state index in [0.29, 0.717) is 24.6 Å². The van der Waals surface area contributed by atoms with Crippen LogP contribution in [0.5, 0.6) is 0 Å². The van der Waals surface area contributed by atoms with Crippen LogP contribution in [-0.4, -0.2) is 75.5 Å². The van der Waals surface area contributed by atoms with E-state index in [1.165, 1.54) is 0 Å². The van der Waals surface area contributed by atoms with Crippen LogP contribution in [0.25, 0.3) is 0 Å². The van der Waals surface area contributed by atoms with Crippen molar-refractivity contribution in [3.05, 3.63) is 24.0 Å². The van der Waals surface area contributed by atoms with Crippen LogP contribution >= 0.6 is 0 Å². The highest BCUT2D eigenvalue weighted by Gasteiger charge is 2.50. The molecule has 0 unspecified atom stereocenters. The van der Waals surface area contributed by atoms with E-state index in [9.17, 15) is 14.4 Å². The van der Waals surface area contributed by atoms with Gasteiger partial charge in [0.2, 0.25) is 11.8 Å². The van der Waals surface area contributed by atoms with Crippen molar-refractivity contribution in [2.75, 3.05) is 26.2 Å². The molecular formula is C20H30N4O4. The first-order chi connectivity index (χ1) is 13.3. The van der Waals surface area contributed by atoms with E-state index in [-0.39, 0.29) is 55.4 Å². The number of amides is 3. The molecule has 2 aliphatic rings. The standard InChI is InChI=1S/C20H30N4O4/c1-13(2)9-17-15(19(27)21-6-8-25)10-14-11-23(12-18(26)24(14)17)20(28)16-5-4-7-22(16)3/h4-5,7,13-15,17,25H,6,8-12H2,1-3H3,(H,21,27)/t14-,15-,17-/m0/s1. The molecule has 28 heavy (non-hydrogen) atoms. The number of fused-ring (bicyclic) bond motifs is 1. The first-order valence-electron chi connectivity index (χ1n) is 9.93. The largest absolute Gasteiger partial charge is 0.395 e. The molecule has 8 nitrogen and oxygen atoms in total. The van der Waals surface area contributed by atoms with Gasteiger partial charge in [-0.15, -0.1) is 0 Å². The number of aryl methyl sites for hydroxylation is 1. The normalized spacial score (nSPS) is 24.6. The average molecular weight is 390 g/mol. The van der Waals surface area contributed by atoms with Crippen LogP contribution in [0.4, 0.5) is 0 Å². The predicted molar refractivity (Wildman–Crippen MR) is 103 cm³/mol. The minimum atomic E-state index is -0.312. The number of carbonyl (C=O) groups excluding carboxylic acids is 3. The number of rotatable bonds is 6. The smallest absolute Gasteiger partial charge is 0.271 e. The van der Waals surface area contributed by atoms with Gasteiger partial charge in [-0.3, -0.25) is 14.4 Å². The van der Waals surface area contributed by atoms with Crippen molar-refractivity contribution in [3.63, 3.8) is 0 Å². The van der Waals surface area contributed by atoms with Crippen LogP contribution in [0.2, 0.25) is 0 Å². The van der Waals surface area contributed by atoms with Crippen LogP contribution in [0.1, 0.15) is 37.2 Å².